The van der Waals surface area contributed by atoms with Crippen LogP contribution in [0.1, 0.15) is 67.9 Å². The Morgan fingerprint density at radius 3 is 1.73 bits per heavy atom. The van der Waals surface area contributed by atoms with Gasteiger partial charge in [-0.3, -0.25) is 0 Å². The molecular weight excluding hydrogens is 352 g/mol. The molecular formula is C23H42OSSi. The number of benzene rings is 1. The molecule has 1 aromatic rings. The normalized spacial score (nSPS) is 13.2. The van der Waals surface area contributed by atoms with Crippen molar-refractivity contribution >= 4 is 19.8 Å². The van der Waals surface area contributed by atoms with E-state index in [0.29, 0.717) is 5.75 Å². The Bertz CT molecular complexity index is 531. The van der Waals surface area contributed by atoms with Gasteiger partial charge in [0.1, 0.15) is 5.75 Å². The number of phenolic OH excluding ortho intramolecular Hbond substituents is 1. The number of rotatable bonds is 9. The van der Waals surface area contributed by atoms with Gasteiger partial charge in [-0.15, -0.1) is 11.8 Å². The highest BCUT2D eigenvalue weighted by Gasteiger charge is 2.35. The van der Waals surface area contributed by atoms with E-state index in [4.69, 9.17) is 0 Å². The highest BCUT2D eigenvalue weighted by Crippen LogP contribution is 2.39. The molecule has 150 valence electrons. The Morgan fingerprint density at radius 1 is 0.885 bits per heavy atom. The third-order valence-electron chi connectivity index (χ3n) is 4.84. The molecule has 0 spiro atoms. The van der Waals surface area contributed by atoms with Gasteiger partial charge in [0.15, 0.2) is 0 Å². The predicted octanol–water partition coefficient (Wildman–Crippen LogP) is 7.74. The minimum atomic E-state index is -1.34. The molecule has 1 nitrogen and oxygen atoms in total. The van der Waals surface area contributed by atoms with Gasteiger partial charge < -0.3 is 5.11 Å². The van der Waals surface area contributed by atoms with Crippen LogP contribution in [0.25, 0.3) is 0 Å². The molecule has 0 atom stereocenters. The zero-order valence-corrected chi connectivity index (χ0v) is 20.5. The van der Waals surface area contributed by atoms with E-state index in [0.717, 1.165) is 23.3 Å². The fourth-order valence-corrected chi connectivity index (χ4v) is 13.8. The van der Waals surface area contributed by atoms with Gasteiger partial charge in [0.25, 0.3) is 0 Å². The van der Waals surface area contributed by atoms with Gasteiger partial charge in [0.05, 0.1) is 8.07 Å². The van der Waals surface area contributed by atoms with E-state index in [9.17, 15) is 5.11 Å². The lowest BCUT2D eigenvalue weighted by molar-refractivity contribution is 0.446. The summed E-state index contributed by atoms with van der Waals surface area (Å²) >= 11 is 2.04. The van der Waals surface area contributed by atoms with Crippen molar-refractivity contribution in [2.75, 3.05) is 5.38 Å². The molecule has 3 heteroatoms. The lowest BCUT2D eigenvalue weighted by Gasteiger charge is -2.36. The monoisotopic (exact) mass is 394 g/mol. The highest BCUT2D eigenvalue weighted by molar-refractivity contribution is 8.01. The summed E-state index contributed by atoms with van der Waals surface area (Å²) < 4.78 is 0. The van der Waals surface area contributed by atoms with Gasteiger partial charge >= 0.3 is 0 Å². The van der Waals surface area contributed by atoms with Crippen molar-refractivity contribution in [1.29, 1.82) is 0 Å². The summed E-state index contributed by atoms with van der Waals surface area (Å²) in [5.41, 5.74) is 1.04. The Balaban J connectivity index is 3.08. The molecule has 0 aromatic heterocycles. The van der Waals surface area contributed by atoms with Crippen molar-refractivity contribution in [3.05, 3.63) is 23.8 Å². The van der Waals surface area contributed by atoms with E-state index in [1.165, 1.54) is 28.4 Å². The Morgan fingerprint density at radius 2 is 1.35 bits per heavy atom. The van der Waals surface area contributed by atoms with Crippen molar-refractivity contribution in [3.63, 3.8) is 0 Å². The third-order valence-corrected chi connectivity index (χ3v) is 13.5. The summed E-state index contributed by atoms with van der Waals surface area (Å²) in [7, 11) is -1.34. The van der Waals surface area contributed by atoms with Crippen molar-refractivity contribution in [2.45, 2.75) is 90.8 Å². The number of thioether (sulfide) groups is 1. The van der Waals surface area contributed by atoms with Crippen molar-refractivity contribution in [2.24, 2.45) is 17.8 Å². The predicted molar refractivity (Wildman–Crippen MR) is 122 cm³/mol. The Kier molecular flexibility index (Phi) is 8.80. The topological polar surface area (TPSA) is 20.2 Å². The van der Waals surface area contributed by atoms with E-state index in [-0.39, 0.29) is 5.41 Å². The Hall–Kier alpha value is -0.413. The van der Waals surface area contributed by atoms with Crippen LogP contribution in [0, 0.1) is 17.8 Å². The van der Waals surface area contributed by atoms with E-state index < -0.39 is 8.07 Å². The maximum atomic E-state index is 10.3. The van der Waals surface area contributed by atoms with Crippen LogP contribution in [-0.4, -0.2) is 18.6 Å². The summed E-state index contributed by atoms with van der Waals surface area (Å²) in [6.45, 7) is 20.9. The number of aromatic hydroxyl groups is 1. The molecule has 1 N–H and O–H groups in total. The summed E-state index contributed by atoms with van der Waals surface area (Å²) in [4.78, 5) is 1.32. The van der Waals surface area contributed by atoms with Crippen LogP contribution < -0.4 is 0 Å². The molecule has 0 unspecified atom stereocenters. The van der Waals surface area contributed by atoms with Gasteiger partial charge in [-0.1, -0.05) is 80.4 Å². The van der Waals surface area contributed by atoms with Gasteiger partial charge in [0.2, 0.25) is 0 Å². The molecule has 0 aliphatic carbocycles. The first-order valence-corrected chi connectivity index (χ1v) is 14.1. The molecule has 0 bridgehead atoms. The summed E-state index contributed by atoms with van der Waals surface area (Å²) in [5.74, 6) is 2.77. The van der Waals surface area contributed by atoms with E-state index in [2.05, 4.69) is 74.4 Å². The quantitative estimate of drug-likeness (QED) is 0.341. The summed E-state index contributed by atoms with van der Waals surface area (Å²) in [6, 6.07) is 10.5. The second-order valence-corrected chi connectivity index (χ2v) is 16.7. The fourth-order valence-electron chi connectivity index (χ4n) is 4.47. The Labute approximate surface area is 168 Å². The van der Waals surface area contributed by atoms with Crippen LogP contribution >= 0.6 is 11.8 Å². The average molecular weight is 395 g/mol. The van der Waals surface area contributed by atoms with E-state index >= 15 is 0 Å². The lowest BCUT2D eigenvalue weighted by Crippen LogP contribution is -2.41. The van der Waals surface area contributed by atoms with Crippen LogP contribution in [-0.2, 0) is 5.41 Å². The minimum absolute atomic E-state index is 0.0248. The third kappa shape index (κ3) is 7.68. The number of hydrogen-bond donors (Lipinski definition) is 1. The van der Waals surface area contributed by atoms with Crippen LogP contribution in [0.5, 0.6) is 5.75 Å². The molecule has 1 aromatic carbocycles. The minimum Gasteiger partial charge on any atom is -0.508 e. The second-order valence-electron chi connectivity index (χ2n) is 10.5. The first-order chi connectivity index (χ1) is 11.8. The zero-order valence-electron chi connectivity index (χ0n) is 18.6. The molecule has 0 saturated carbocycles. The van der Waals surface area contributed by atoms with Crippen LogP contribution in [0.15, 0.2) is 23.1 Å². The molecule has 0 aliphatic heterocycles. The summed E-state index contributed by atoms with van der Waals surface area (Å²) in [6.07, 6.45) is 0. The average Bonchev–Trinajstić information content (AvgIpc) is 2.42. The zero-order chi connectivity index (χ0) is 20.1. The first-order valence-electron chi connectivity index (χ1n) is 10.3. The van der Waals surface area contributed by atoms with Crippen molar-refractivity contribution in [3.8, 4) is 5.75 Å². The fraction of sp³-hybridized carbons (Fsp3) is 0.739. The molecule has 0 aliphatic rings. The first kappa shape index (κ1) is 23.6. The number of hydrogen-bond acceptors (Lipinski definition) is 2. The molecule has 1 rings (SSSR count). The van der Waals surface area contributed by atoms with Gasteiger partial charge in [0, 0.05) is 10.5 Å². The van der Waals surface area contributed by atoms with Crippen LogP contribution in [0.2, 0.25) is 18.1 Å². The highest BCUT2D eigenvalue weighted by atomic mass is 32.2. The smallest absolute Gasteiger partial charge is 0.119 e. The van der Waals surface area contributed by atoms with Crippen LogP contribution in [0.3, 0.4) is 0 Å². The van der Waals surface area contributed by atoms with E-state index in [1.54, 1.807) is 0 Å². The largest absolute Gasteiger partial charge is 0.508 e. The van der Waals surface area contributed by atoms with E-state index in [1.807, 2.05) is 17.8 Å². The maximum absolute atomic E-state index is 10.3. The SMILES string of the molecule is CC(C)C[Si](CSc1ccc(O)c(C(C)(C)C)c1)(CC(C)C)CC(C)C. The molecule has 0 saturated heterocycles. The number of phenols is 1. The molecule has 0 fully saturated rings. The van der Waals surface area contributed by atoms with Gasteiger partial charge in [-0.2, -0.15) is 0 Å². The molecule has 0 amide bonds. The maximum Gasteiger partial charge on any atom is 0.119 e. The van der Waals surface area contributed by atoms with Crippen molar-refractivity contribution < 1.29 is 5.11 Å². The summed E-state index contributed by atoms with van der Waals surface area (Å²) in [5, 5.41) is 11.6. The molecule has 0 heterocycles. The lowest BCUT2D eigenvalue weighted by atomic mass is 9.86. The molecule has 26 heavy (non-hydrogen) atoms. The standard InChI is InChI=1S/C23H42OSSi/c1-17(2)13-26(14-18(3)4,15-19(5)6)16-25-20-10-11-22(24)21(12-20)23(7,8)9/h10-12,17-19,24H,13-16H2,1-9H3. The van der Waals surface area contributed by atoms with Crippen LogP contribution in [0.4, 0.5) is 0 Å². The van der Waals surface area contributed by atoms with Gasteiger partial charge in [-0.05, 0) is 46.7 Å². The van der Waals surface area contributed by atoms with Gasteiger partial charge in [-0.25, -0.2) is 0 Å². The van der Waals surface area contributed by atoms with Crippen molar-refractivity contribution in [1.82, 2.24) is 0 Å². The molecule has 0 radical (unpaired) electrons. The second kappa shape index (κ2) is 9.68.